The fraction of sp³-hybridized carbons (Fsp3) is 1.00. The van der Waals surface area contributed by atoms with E-state index in [-0.39, 0.29) is 6.61 Å². The van der Waals surface area contributed by atoms with Gasteiger partial charge in [0.15, 0.2) is 0 Å². The summed E-state index contributed by atoms with van der Waals surface area (Å²) >= 11 is 0. The van der Waals surface area contributed by atoms with Crippen molar-refractivity contribution < 1.29 is 9.84 Å². The summed E-state index contributed by atoms with van der Waals surface area (Å²) in [4.78, 5) is 0. The maximum atomic E-state index is 10.2. The summed E-state index contributed by atoms with van der Waals surface area (Å²) in [6.07, 6.45) is 6.60. The molecule has 0 atom stereocenters. The van der Waals surface area contributed by atoms with Crippen LogP contribution >= 0.6 is 0 Å². The van der Waals surface area contributed by atoms with Gasteiger partial charge in [-0.25, -0.2) is 5.11 Å². The van der Waals surface area contributed by atoms with E-state index in [9.17, 15) is 5.11 Å². The molecule has 1 aliphatic rings. The van der Waals surface area contributed by atoms with Gasteiger partial charge in [0, 0.05) is 0 Å². The van der Waals surface area contributed by atoms with E-state index in [0.29, 0.717) is 12.7 Å². The van der Waals surface area contributed by atoms with Crippen LogP contribution < -0.4 is 0 Å². The predicted octanol–water partition coefficient (Wildman–Crippen LogP) is 2.40. The van der Waals surface area contributed by atoms with E-state index in [1.54, 1.807) is 0 Å². The van der Waals surface area contributed by atoms with Crippen molar-refractivity contribution in [1.29, 1.82) is 0 Å². The zero-order valence-electron chi connectivity index (χ0n) is 7.92. The SMILES string of the molecule is CCC1CCC(OCC[O])CC1. The first-order valence-electron chi connectivity index (χ1n) is 5.06. The summed E-state index contributed by atoms with van der Waals surface area (Å²) in [6, 6.07) is 0. The van der Waals surface area contributed by atoms with Crippen molar-refractivity contribution >= 4 is 0 Å². The highest BCUT2D eigenvalue weighted by atomic mass is 16.5. The minimum Gasteiger partial charge on any atom is -0.376 e. The van der Waals surface area contributed by atoms with Gasteiger partial charge in [-0.2, -0.15) is 0 Å². The first-order chi connectivity index (χ1) is 5.86. The van der Waals surface area contributed by atoms with Crippen molar-refractivity contribution in [2.24, 2.45) is 5.92 Å². The lowest BCUT2D eigenvalue weighted by molar-refractivity contribution is -0.0117. The summed E-state index contributed by atoms with van der Waals surface area (Å²) in [6.45, 7) is 2.57. The number of ether oxygens (including phenoxy) is 1. The number of hydrogen-bond acceptors (Lipinski definition) is 1. The maximum Gasteiger partial charge on any atom is 0.106 e. The molecule has 2 nitrogen and oxygen atoms in total. The molecule has 0 N–H and O–H groups in total. The van der Waals surface area contributed by atoms with Gasteiger partial charge in [0.25, 0.3) is 0 Å². The van der Waals surface area contributed by atoms with E-state index in [4.69, 9.17) is 4.74 Å². The standard InChI is InChI=1S/C10H19O2/c1-2-9-3-5-10(6-4-9)12-8-7-11/h9-10H,2-8H2,1H3. The average Bonchev–Trinajstić information content (AvgIpc) is 2.15. The summed E-state index contributed by atoms with van der Waals surface area (Å²) in [5.41, 5.74) is 0. The molecule has 0 aromatic carbocycles. The third-order valence-electron chi connectivity index (χ3n) is 2.81. The van der Waals surface area contributed by atoms with Gasteiger partial charge in [-0.05, 0) is 31.6 Å². The molecule has 1 aliphatic carbocycles. The van der Waals surface area contributed by atoms with Gasteiger partial charge in [-0.15, -0.1) is 0 Å². The maximum absolute atomic E-state index is 10.2. The molecule has 2 heteroatoms. The molecule has 1 rings (SSSR count). The van der Waals surface area contributed by atoms with Gasteiger partial charge in [-0.1, -0.05) is 13.3 Å². The van der Waals surface area contributed by atoms with Gasteiger partial charge < -0.3 is 4.74 Å². The van der Waals surface area contributed by atoms with Crippen LogP contribution in [0.25, 0.3) is 0 Å². The molecule has 0 saturated heterocycles. The molecular weight excluding hydrogens is 152 g/mol. The van der Waals surface area contributed by atoms with E-state index in [1.807, 2.05) is 0 Å². The summed E-state index contributed by atoms with van der Waals surface area (Å²) in [5, 5.41) is 10.2. The normalized spacial score (nSPS) is 30.5. The van der Waals surface area contributed by atoms with Gasteiger partial charge in [-0.3, -0.25) is 0 Å². The van der Waals surface area contributed by atoms with Gasteiger partial charge in [0.2, 0.25) is 0 Å². The van der Waals surface area contributed by atoms with E-state index >= 15 is 0 Å². The van der Waals surface area contributed by atoms with Crippen LogP contribution in [0.4, 0.5) is 0 Å². The lowest BCUT2D eigenvalue weighted by atomic mass is 9.86. The van der Waals surface area contributed by atoms with Crippen LogP contribution in [-0.2, 0) is 9.84 Å². The molecule has 0 aromatic rings. The van der Waals surface area contributed by atoms with Crippen molar-refractivity contribution in [2.45, 2.75) is 45.1 Å². The van der Waals surface area contributed by atoms with Crippen molar-refractivity contribution in [3.05, 3.63) is 0 Å². The van der Waals surface area contributed by atoms with Gasteiger partial charge >= 0.3 is 0 Å². The largest absolute Gasteiger partial charge is 0.376 e. The molecule has 0 spiro atoms. The van der Waals surface area contributed by atoms with Crippen molar-refractivity contribution in [3.63, 3.8) is 0 Å². The van der Waals surface area contributed by atoms with Crippen LogP contribution in [-0.4, -0.2) is 19.3 Å². The van der Waals surface area contributed by atoms with E-state index in [1.165, 1.54) is 32.1 Å². The lowest BCUT2D eigenvalue weighted by Gasteiger charge is -2.27. The van der Waals surface area contributed by atoms with Crippen LogP contribution in [0.3, 0.4) is 0 Å². The average molecular weight is 171 g/mol. The Hall–Kier alpha value is -0.0800. The first kappa shape index (κ1) is 10.0. The van der Waals surface area contributed by atoms with E-state index in [2.05, 4.69) is 6.92 Å². The minimum absolute atomic E-state index is 0.0896. The quantitative estimate of drug-likeness (QED) is 0.638. The highest BCUT2D eigenvalue weighted by Gasteiger charge is 2.19. The fourth-order valence-electron chi connectivity index (χ4n) is 1.92. The molecule has 0 amide bonds. The number of hydrogen-bond donors (Lipinski definition) is 0. The van der Waals surface area contributed by atoms with Crippen LogP contribution in [0.15, 0.2) is 0 Å². The molecule has 1 fully saturated rings. The zero-order valence-corrected chi connectivity index (χ0v) is 7.92. The Morgan fingerprint density at radius 3 is 2.42 bits per heavy atom. The molecule has 0 unspecified atom stereocenters. The predicted molar refractivity (Wildman–Crippen MR) is 47.5 cm³/mol. The molecule has 1 saturated carbocycles. The van der Waals surface area contributed by atoms with Gasteiger partial charge in [0.05, 0.1) is 12.7 Å². The smallest absolute Gasteiger partial charge is 0.106 e. The van der Waals surface area contributed by atoms with Crippen LogP contribution in [0.5, 0.6) is 0 Å². The third-order valence-corrected chi connectivity index (χ3v) is 2.81. The molecule has 0 aromatic heterocycles. The Labute approximate surface area is 74.9 Å². The van der Waals surface area contributed by atoms with Crippen molar-refractivity contribution in [1.82, 2.24) is 0 Å². The third kappa shape index (κ3) is 3.11. The monoisotopic (exact) mass is 171 g/mol. The Kier molecular flexibility index (Phi) is 4.62. The Morgan fingerprint density at radius 1 is 1.25 bits per heavy atom. The molecule has 0 heterocycles. The first-order valence-corrected chi connectivity index (χ1v) is 5.06. The Balaban J connectivity index is 2.09. The van der Waals surface area contributed by atoms with E-state index < -0.39 is 0 Å². The molecule has 1 radical (unpaired) electrons. The summed E-state index contributed by atoms with van der Waals surface area (Å²) in [7, 11) is 0. The highest BCUT2D eigenvalue weighted by molar-refractivity contribution is 4.71. The van der Waals surface area contributed by atoms with Crippen LogP contribution in [0.2, 0.25) is 0 Å². The second-order valence-corrected chi connectivity index (χ2v) is 3.63. The molecule has 71 valence electrons. The van der Waals surface area contributed by atoms with E-state index in [0.717, 1.165) is 5.92 Å². The van der Waals surface area contributed by atoms with Gasteiger partial charge in [0.1, 0.15) is 6.61 Å². The van der Waals surface area contributed by atoms with Crippen molar-refractivity contribution in [3.8, 4) is 0 Å². The Morgan fingerprint density at radius 2 is 1.92 bits per heavy atom. The molecule has 0 bridgehead atoms. The topological polar surface area (TPSA) is 29.1 Å². The van der Waals surface area contributed by atoms with Crippen LogP contribution in [0, 0.1) is 5.92 Å². The highest BCUT2D eigenvalue weighted by Crippen LogP contribution is 2.27. The molecular formula is C10H19O2. The second-order valence-electron chi connectivity index (χ2n) is 3.63. The second kappa shape index (κ2) is 5.55. The van der Waals surface area contributed by atoms with Crippen molar-refractivity contribution in [2.75, 3.05) is 13.2 Å². The molecule has 12 heavy (non-hydrogen) atoms. The van der Waals surface area contributed by atoms with Crippen LogP contribution in [0.1, 0.15) is 39.0 Å². The Bertz CT molecular complexity index is 106. The summed E-state index contributed by atoms with van der Waals surface area (Å²) < 4.78 is 5.41. The number of rotatable bonds is 4. The zero-order chi connectivity index (χ0) is 8.81. The lowest BCUT2D eigenvalue weighted by Crippen LogP contribution is -2.22. The fourth-order valence-corrected chi connectivity index (χ4v) is 1.92. The minimum atomic E-state index is -0.0896. The molecule has 0 aliphatic heterocycles. The summed E-state index contributed by atoms with van der Waals surface area (Å²) in [5.74, 6) is 0.914.